The monoisotopic (exact) mass is 220 g/mol. The molecule has 1 aliphatic rings. The number of hydrogen-bond donors (Lipinski definition) is 1. The maximum Gasteiger partial charge on any atom is 0.227 e. The van der Waals surface area contributed by atoms with Crippen LogP contribution in [0.5, 0.6) is 0 Å². The van der Waals surface area contributed by atoms with Crippen LogP contribution in [0.4, 0.5) is 5.69 Å². The predicted molar refractivity (Wildman–Crippen MR) is 57.9 cm³/mol. The Balaban J connectivity index is 2.01. The molecule has 0 aliphatic carbocycles. The van der Waals surface area contributed by atoms with Crippen LogP contribution in [0.15, 0.2) is 22.6 Å². The van der Waals surface area contributed by atoms with E-state index in [9.17, 15) is 0 Å². The van der Waals surface area contributed by atoms with Gasteiger partial charge in [-0.05, 0) is 12.1 Å². The van der Waals surface area contributed by atoms with Gasteiger partial charge in [0.15, 0.2) is 11.7 Å². The van der Waals surface area contributed by atoms with Crippen molar-refractivity contribution in [1.82, 2.24) is 4.98 Å². The van der Waals surface area contributed by atoms with Gasteiger partial charge in [0, 0.05) is 0 Å². The number of fused-ring (bicyclic) bond motifs is 1. The molecule has 0 bridgehead atoms. The van der Waals surface area contributed by atoms with E-state index < -0.39 is 0 Å². The van der Waals surface area contributed by atoms with Gasteiger partial charge in [0.05, 0.1) is 25.5 Å². The van der Waals surface area contributed by atoms with E-state index in [-0.39, 0.29) is 6.10 Å². The summed E-state index contributed by atoms with van der Waals surface area (Å²) in [7, 11) is 0. The van der Waals surface area contributed by atoms with Gasteiger partial charge in [-0.1, -0.05) is 6.07 Å². The van der Waals surface area contributed by atoms with Crippen molar-refractivity contribution in [3.8, 4) is 0 Å². The fourth-order valence-corrected chi connectivity index (χ4v) is 1.76. The number of nitrogens with two attached hydrogens (primary N) is 1. The van der Waals surface area contributed by atoms with E-state index in [1.165, 1.54) is 0 Å². The molecule has 1 aliphatic heterocycles. The summed E-state index contributed by atoms with van der Waals surface area (Å²) in [5.74, 6) is 0.535. The van der Waals surface area contributed by atoms with E-state index in [0.29, 0.717) is 42.5 Å². The lowest BCUT2D eigenvalue weighted by Crippen LogP contribution is -2.22. The van der Waals surface area contributed by atoms with E-state index in [2.05, 4.69) is 4.98 Å². The van der Waals surface area contributed by atoms with Gasteiger partial charge in [-0.15, -0.1) is 0 Å². The highest BCUT2D eigenvalue weighted by Crippen LogP contribution is 2.27. The highest BCUT2D eigenvalue weighted by molar-refractivity contribution is 5.85. The largest absolute Gasteiger partial charge is 0.438 e. The van der Waals surface area contributed by atoms with E-state index in [0.717, 1.165) is 0 Å². The van der Waals surface area contributed by atoms with Crippen molar-refractivity contribution in [3.63, 3.8) is 0 Å². The number of nitrogens with zero attached hydrogens (tertiary/aromatic N) is 1. The van der Waals surface area contributed by atoms with E-state index in [1.807, 2.05) is 12.1 Å². The van der Waals surface area contributed by atoms with Crippen LogP contribution < -0.4 is 5.73 Å². The van der Waals surface area contributed by atoms with E-state index in [1.54, 1.807) is 6.07 Å². The first-order valence-corrected chi connectivity index (χ1v) is 5.19. The Bertz CT molecular complexity index is 503. The zero-order valence-corrected chi connectivity index (χ0v) is 8.68. The molecule has 5 nitrogen and oxygen atoms in total. The van der Waals surface area contributed by atoms with Gasteiger partial charge >= 0.3 is 0 Å². The summed E-state index contributed by atoms with van der Waals surface area (Å²) in [6.45, 7) is 1.67. The fraction of sp³-hybridized carbons (Fsp3) is 0.364. The molecule has 1 aromatic carbocycles. The Hall–Kier alpha value is -1.59. The third kappa shape index (κ3) is 1.54. The second kappa shape index (κ2) is 3.77. The molecule has 0 amide bonds. The topological polar surface area (TPSA) is 70.5 Å². The number of hydrogen-bond acceptors (Lipinski definition) is 5. The smallest absolute Gasteiger partial charge is 0.227 e. The molecule has 84 valence electrons. The Morgan fingerprint density at radius 3 is 3.00 bits per heavy atom. The summed E-state index contributed by atoms with van der Waals surface area (Å²) in [4.78, 5) is 4.34. The molecule has 2 heterocycles. The molecule has 1 aromatic heterocycles. The van der Waals surface area contributed by atoms with Crippen LogP contribution in [0.25, 0.3) is 11.1 Å². The highest BCUT2D eigenvalue weighted by Gasteiger charge is 2.22. The number of para-hydroxylation sites is 1. The third-order valence-corrected chi connectivity index (χ3v) is 2.56. The van der Waals surface area contributed by atoms with E-state index >= 15 is 0 Å². The predicted octanol–water partition coefficient (Wildman–Crippen LogP) is 1.50. The van der Waals surface area contributed by atoms with Crippen molar-refractivity contribution >= 4 is 16.8 Å². The van der Waals surface area contributed by atoms with Crippen molar-refractivity contribution in [1.29, 1.82) is 0 Å². The molecule has 5 heteroatoms. The molecule has 0 spiro atoms. The SMILES string of the molecule is Nc1cccc2oc(C3COCCO3)nc12. The van der Waals surface area contributed by atoms with Gasteiger partial charge in [-0.25, -0.2) is 4.98 Å². The molecule has 2 aromatic rings. The minimum atomic E-state index is -0.222. The van der Waals surface area contributed by atoms with E-state index in [4.69, 9.17) is 19.6 Å². The zero-order chi connectivity index (χ0) is 11.0. The average Bonchev–Trinajstić information content (AvgIpc) is 2.76. The number of ether oxygens (including phenoxy) is 2. The summed E-state index contributed by atoms with van der Waals surface area (Å²) in [6.07, 6.45) is -0.222. The number of aromatic nitrogens is 1. The lowest BCUT2D eigenvalue weighted by atomic mass is 10.3. The Kier molecular flexibility index (Phi) is 2.27. The average molecular weight is 220 g/mol. The van der Waals surface area contributed by atoms with Gasteiger partial charge in [0.25, 0.3) is 0 Å². The van der Waals surface area contributed by atoms with Crippen LogP contribution in [0.1, 0.15) is 12.0 Å². The molecule has 0 radical (unpaired) electrons. The molecule has 1 saturated heterocycles. The van der Waals surface area contributed by atoms with Gasteiger partial charge in [-0.2, -0.15) is 0 Å². The maximum atomic E-state index is 5.80. The fourth-order valence-electron chi connectivity index (χ4n) is 1.76. The first-order valence-electron chi connectivity index (χ1n) is 5.19. The van der Waals surface area contributed by atoms with Gasteiger partial charge < -0.3 is 19.6 Å². The van der Waals surface area contributed by atoms with Gasteiger partial charge in [0.2, 0.25) is 5.89 Å². The summed E-state index contributed by atoms with van der Waals surface area (Å²) < 4.78 is 16.4. The lowest BCUT2D eigenvalue weighted by Gasteiger charge is -2.19. The Labute approximate surface area is 92.1 Å². The van der Waals surface area contributed by atoms with Crippen LogP contribution in [0.2, 0.25) is 0 Å². The summed E-state index contributed by atoms with van der Waals surface area (Å²) in [6, 6.07) is 5.48. The molecule has 1 atom stereocenters. The van der Waals surface area contributed by atoms with Gasteiger partial charge in [-0.3, -0.25) is 0 Å². The third-order valence-electron chi connectivity index (χ3n) is 2.56. The quantitative estimate of drug-likeness (QED) is 0.737. The van der Waals surface area contributed by atoms with Crippen LogP contribution >= 0.6 is 0 Å². The lowest BCUT2D eigenvalue weighted by molar-refractivity contribution is -0.0991. The second-order valence-electron chi connectivity index (χ2n) is 3.68. The second-order valence-corrected chi connectivity index (χ2v) is 3.68. The highest BCUT2D eigenvalue weighted by atomic mass is 16.6. The standard InChI is InChI=1S/C11H12N2O3/c12-7-2-1-3-8-10(7)13-11(16-8)9-6-14-4-5-15-9/h1-3,9H,4-6,12H2. The molecular formula is C11H12N2O3. The number of benzene rings is 1. The van der Waals surface area contributed by atoms with Crippen molar-refractivity contribution in [2.24, 2.45) is 0 Å². The number of rotatable bonds is 1. The normalized spacial score (nSPS) is 21.4. The first kappa shape index (κ1) is 9.62. The van der Waals surface area contributed by atoms with Crippen molar-refractivity contribution in [2.45, 2.75) is 6.10 Å². The minimum absolute atomic E-state index is 0.222. The Morgan fingerprint density at radius 2 is 2.25 bits per heavy atom. The number of nitrogen functional groups attached to an aromatic ring is 1. The molecule has 2 N–H and O–H groups in total. The van der Waals surface area contributed by atoms with Crippen molar-refractivity contribution < 1.29 is 13.9 Å². The van der Waals surface area contributed by atoms with Crippen LogP contribution in [-0.2, 0) is 9.47 Å². The van der Waals surface area contributed by atoms with Crippen LogP contribution in [-0.4, -0.2) is 24.8 Å². The molecule has 0 saturated carbocycles. The van der Waals surface area contributed by atoms with Crippen LogP contribution in [0.3, 0.4) is 0 Å². The number of oxazole rings is 1. The first-order chi connectivity index (χ1) is 7.84. The Morgan fingerprint density at radius 1 is 1.31 bits per heavy atom. The molecule has 3 rings (SSSR count). The molecule has 1 unspecified atom stereocenters. The molecule has 1 fully saturated rings. The van der Waals surface area contributed by atoms with Gasteiger partial charge in [0.1, 0.15) is 5.52 Å². The number of anilines is 1. The summed E-state index contributed by atoms with van der Waals surface area (Å²) in [5.41, 5.74) is 7.79. The molecule has 16 heavy (non-hydrogen) atoms. The summed E-state index contributed by atoms with van der Waals surface area (Å²) >= 11 is 0. The molecular weight excluding hydrogens is 208 g/mol. The minimum Gasteiger partial charge on any atom is -0.438 e. The van der Waals surface area contributed by atoms with Crippen molar-refractivity contribution in [3.05, 3.63) is 24.1 Å². The van der Waals surface area contributed by atoms with Crippen LogP contribution in [0, 0.1) is 0 Å². The van der Waals surface area contributed by atoms with Crippen molar-refractivity contribution in [2.75, 3.05) is 25.6 Å². The summed E-state index contributed by atoms with van der Waals surface area (Å²) in [5, 5.41) is 0. The zero-order valence-electron chi connectivity index (χ0n) is 8.68. The maximum absolute atomic E-state index is 5.80.